The highest BCUT2D eigenvalue weighted by atomic mass is 19.5. The zero-order valence-corrected chi connectivity index (χ0v) is 13.3. The van der Waals surface area contributed by atoms with Crippen LogP contribution in [0, 0.1) is 0 Å². The Kier molecular flexibility index (Phi) is 4.87. The highest BCUT2D eigenvalue weighted by molar-refractivity contribution is 6.50. The van der Waals surface area contributed by atoms with E-state index in [9.17, 15) is 17.3 Å². The molecular formula is C17H16BF4N3. The van der Waals surface area contributed by atoms with Crippen LogP contribution in [0.15, 0.2) is 67.0 Å². The van der Waals surface area contributed by atoms with Gasteiger partial charge in [-0.15, -0.1) is 0 Å². The molecule has 1 aliphatic heterocycles. The molecule has 0 amide bonds. The second-order valence-corrected chi connectivity index (χ2v) is 5.68. The number of nitrogens with zero attached hydrogens (tertiary/aromatic N) is 3. The van der Waals surface area contributed by atoms with Crippen molar-refractivity contribution >= 4 is 7.25 Å². The molecule has 1 aromatic heterocycles. The summed E-state index contributed by atoms with van der Waals surface area (Å²) in [6.45, 7) is 0. The van der Waals surface area contributed by atoms with E-state index in [0.29, 0.717) is 6.04 Å². The van der Waals surface area contributed by atoms with Crippen molar-refractivity contribution in [3.05, 3.63) is 78.4 Å². The van der Waals surface area contributed by atoms with E-state index in [4.69, 9.17) is 5.10 Å². The average molecular weight is 349 g/mol. The molecule has 3 nitrogen and oxygen atoms in total. The Bertz CT molecular complexity index is 813. The molecule has 8 heteroatoms. The highest BCUT2D eigenvalue weighted by Gasteiger charge is 2.32. The van der Waals surface area contributed by atoms with Gasteiger partial charge in [-0.1, -0.05) is 53.2 Å². The van der Waals surface area contributed by atoms with Crippen molar-refractivity contribution in [2.24, 2.45) is 0 Å². The lowest BCUT2D eigenvalue weighted by molar-refractivity contribution is -0.707. The molecule has 2 heterocycles. The van der Waals surface area contributed by atoms with Crippen LogP contribution in [0.25, 0.3) is 5.69 Å². The van der Waals surface area contributed by atoms with Gasteiger partial charge in [-0.05, 0) is 24.1 Å². The quantitative estimate of drug-likeness (QED) is 0.389. The molecule has 0 spiro atoms. The third-order valence-corrected chi connectivity index (χ3v) is 3.94. The number of halogens is 4. The van der Waals surface area contributed by atoms with Gasteiger partial charge in [0.15, 0.2) is 0 Å². The largest absolute Gasteiger partial charge is 0.673 e. The summed E-state index contributed by atoms with van der Waals surface area (Å²) < 4.78 is 43.3. The summed E-state index contributed by atoms with van der Waals surface area (Å²) in [5.74, 6) is 1.17. The summed E-state index contributed by atoms with van der Waals surface area (Å²) in [7, 11) is -6.00. The lowest BCUT2D eigenvalue weighted by Crippen LogP contribution is -2.36. The van der Waals surface area contributed by atoms with Crippen molar-refractivity contribution in [3.63, 3.8) is 0 Å². The normalized spacial score (nSPS) is 16.1. The fourth-order valence-electron chi connectivity index (χ4n) is 2.94. The summed E-state index contributed by atoms with van der Waals surface area (Å²) in [6.07, 6.45) is 4.30. The van der Waals surface area contributed by atoms with E-state index >= 15 is 0 Å². The Balaban J connectivity index is 0.000000324. The number of hydrogen-bond acceptors (Lipinski definition) is 1. The topological polar surface area (TPSA) is 21.7 Å². The number of benzene rings is 2. The molecule has 1 atom stereocenters. The lowest BCUT2D eigenvalue weighted by Gasteiger charge is -2.08. The highest BCUT2D eigenvalue weighted by Crippen LogP contribution is 2.23. The second kappa shape index (κ2) is 7.08. The van der Waals surface area contributed by atoms with Crippen LogP contribution < -0.4 is 4.57 Å². The molecule has 1 unspecified atom stereocenters. The Hall–Kier alpha value is -2.64. The van der Waals surface area contributed by atoms with Crippen molar-refractivity contribution < 1.29 is 21.8 Å². The molecule has 0 aliphatic carbocycles. The Labute approximate surface area is 142 Å². The van der Waals surface area contributed by atoms with Gasteiger partial charge in [0.25, 0.3) is 5.82 Å². The van der Waals surface area contributed by atoms with Gasteiger partial charge < -0.3 is 17.3 Å². The molecule has 1 aliphatic rings. The minimum absolute atomic E-state index is 0.420. The van der Waals surface area contributed by atoms with E-state index in [2.05, 4.69) is 53.4 Å². The number of hydrogen-bond donors (Lipinski definition) is 0. The molecule has 25 heavy (non-hydrogen) atoms. The fourth-order valence-corrected chi connectivity index (χ4v) is 2.94. The third-order valence-electron chi connectivity index (χ3n) is 3.94. The maximum absolute atomic E-state index is 9.75. The van der Waals surface area contributed by atoms with Gasteiger partial charge in [0, 0.05) is 11.5 Å². The molecule has 3 aromatic rings. The summed E-state index contributed by atoms with van der Waals surface area (Å²) >= 11 is 0. The van der Waals surface area contributed by atoms with E-state index in [1.807, 2.05) is 22.9 Å². The molecule has 0 radical (unpaired) electrons. The van der Waals surface area contributed by atoms with E-state index in [-0.39, 0.29) is 0 Å². The lowest BCUT2D eigenvalue weighted by atomic mass is 10.1. The molecule has 0 saturated carbocycles. The van der Waals surface area contributed by atoms with Crippen LogP contribution in [0.3, 0.4) is 0 Å². The standard InChI is InChI=1S/C17H16N3.BF4/c1-3-7-14(8-4-1)16-11-12-17-18-20(13-19(16)17)15-9-5-2-6-10-15;2-1(3,4)5/h1-10,13,16H,11-12H2;/q+1;-1. The second-order valence-electron chi connectivity index (χ2n) is 5.68. The Morgan fingerprint density at radius 1 is 0.920 bits per heavy atom. The maximum atomic E-state index is 9.75. The van der Waals surface area contributed by atoms with Gasteiger partial charge in [-0.25, -0.2) is 4.57 Å². The zero-order chi connectivity index (χ0) is 17.9. The monoisotopic (exact) mass is 349 g/mol. The van der Waals surface area contributed by atoms with Crippen molar-refractivity contribution in [2.45, 2.75) is 18.9 Å². The van der Waals surface area contributed by atoms with Gasteiger partial charge in [-0.2, -0.15) is 0 Å². The van der Waals surface area contributed by atoms with E-state index < -0.39 is 7.25 Å². The van der Waals surface area contributed by atoms with Gasteiger partial charge >= 0.3 is 7.25 Å². The summed E-state index contributed by atoms with van der Waals surface area (Å²) in [5, 5.41) is 4.72. The molecule has 4 rings (SSSR count). The van der Waals surface area contributed by atoms with Crippen molar-refractivity contribution in [1.29, 1.82) is 0 Å². The fraction of sp³-hybridized carbons (Fsp3) is 0.176. The minimum atomic E-state index is -6.00. The number of aromatic nitrogens is 3. The minimum Gasteiger partial charge on any atom is -0.418 e. The number of rotatable bonds is 2. The number of aryl methyl sites for hydroxylation is 1. The molecule has 2 aromatic carbocycles. The summed E-state index contributed by atoms with van der Waals surface area (Å²) in [6, 6.07) is 21.4. The molecular weight excluding hydrogens is 333 g/mol. The van der Waals surface area contributed by atoms with Crippen molar-refractivity contribution in [3.8, 4) is 5.69 Å². The van der Waals surface area contributed by atoms with Crippen LogP contribution in [-0.2, 0) is 6.42 Å². The third kappa shape index (κ3) is 4.46. The predicted molar refractivity (Wildman–Crippen MR) is 86.8 cm³/mol. The first-order valence-electron chi connectivity index (χ1n) is 7.89. The van der Waals surface area contributed by atoms with Crippen LogP contribution in [0.5, 0.6) is 0 Å². The van der Waals surface area contributed by atoms with Gasteiger partial charge in [-0.3, -0.25) is 0 Å². The first-order chi connectivity index (χ1) is 11.9. The van der Waals surface area contributed by atoms with Crippen LogP contribution >= 0.6 is 0 Å². The maximum Gasteiger partial charge on any atom is 0.673 e. The van der Waals surface area contributed by atoms with Crippen LogP contribution in [0.4, 0.5) is 17.3 Å². The summed E-state index contributed by atoms with van der Waals surface area (Å²) in [5.41, 5.74) is 2.48. The van der Waals surface area contributed by atoms with Crippen LogP contribution in [0.2, 0.25) is 0 Å². The molecule has 0 bridgehead atoms. The molecule has 0 N–H and O–H groups in total. The van der Waals surface area contributed by atoms with E-state index in [0.717, 1.165) is 18.5 Å². The number of fused-ring (bicyclic) bond motifs is 1. The van der Waals surface area contributed by atoms with E-state index in [1.54, 1.807) is 0 Å². The molecule has 0 saturated heterocycles. The summed E-state index contributed by atoms with van der Waals surface area (Å²) in [4.78, 5) is 0. The van der Waals surface area contributed by atoms with E-state index in [1.165, 1.54) is 11.4 Å². The smallest absolute Gasteiger partial charge is 0.418 e. The van der Waals surface area contributed by atoms with Crippen LogP contribution in [-0.4, -0.2) is 17.0 Å². The molecule has 0 fully saturated rings. The van der Waals surface area contributed by atoms with Crippen molar-refractivity contribution in [1.82, 2.24) is 9.78 Å². The number of para-hydroxylation sites is 1. The Morgan fingerprint density at radius 2 is 1.48 bits per heavy atom. The average Bonchev–Trinajstić information content (AvgIpc) is 3.15. The van der Waals surface area contributed by atoms with Crippen molar-refractivity contribution in [2.75, 3.05) is 0 Å². The zero-order valence-electron chi connectivity index (χ0n) is 13.3. The van der Waals surface area contributed by atoms with Gasteiger partial charge in [0.2, 0.25) is 6.33 Å². The SMILES string of the molecule is F[B-](F)(F)F.c1ccc(C2CCc3nn(-c4ccccc4)c[n+]32)cc1. The van der Waals surface area contributed by atoms with Gasteiger partial charge in [0.1, 0.15) is 11.7 Å². The van der Waals surface area contributed by atoms with Crippen LogP contribution in [0.1, 0.15) is 23.9 Å². The first kappa shape index (κ1) is 17.2. The predicted octanol–water partition coefficient (Wildman–Crippen LogP) is 4.00. The Morgan fingerprint density at radius 3 is 2.08 bits per heavy atom. The molecule has 130 valence electrons. The van der Waals surface area contributed by atoms with Gasteiger partial charge in [0.05, 0.1) is 0 Å². The first-order valence-corrected chi connectivity index (χ1v) is 7.89.